The van der Waals surface area contributed by atoms with Crippen LogP contribution in [0, 0.1) is 0 Å². The number of aliphatic carboxylic acids is 2. The molecule has 4 N–H and O–H groups in total. The van der Waals surface area contributed by atoms with Crippen LogP contribution in [0.1, 0.15) is 12.8 Å². The summed E-state index contributed by atoms with van der Waals surface area (Å²) in [6.45, 7) is -2.35. The molecule has 0 bridgehead atoms. The van der Waals surface area contributed by atoms with Crippen molar-refractivity contribution in [2.45, 2.75) is 72.6 Å². The van der Waals surface area contributed by atoms with Gasteiger partial charge in [0.25, 0.3) is 0 Å². The Morgan fingerprint density at radius 3 is 1.26 bits per heavy atom. The first-order valence-electron chi connectivity index (χ1n) is 8.97. The van der Waals surface area contributed by atoms with Crippen LogP contribution in [0.15, 0.2) is 0 Å². The third-order valence-electron chi connectivity index (χ3n) is 4.67. The number of carbonyl (C=O) groups is 2. The molecule has 0 fully saturated rings. The molecule has 0 amide bonds. The van der Waals surface area contributed by atoms with Crippen molar-refractivity contribution >= 4 is 11.9 Å². The highest BCUT2D eigenvalue weighted by molar-refractivity contribution is 5.75. The zero-order valence-corrected chi connectivity index (χ0v) is 17.4. The SMILES string of the molecule is O=C(O)CC[C@H](NC[C@@H](O)C(F)(F)C(F)(F)C(F)(F)C(F)(F)C(F)(F)C(F)(F)C(F)(F)C(F)(F)F)C(=O)O. The van der Waals surface area contributed by atoms with E-state index in [4.69, 9.17) is 15.3 Å². The first-order valence-corrected chi connectivity index (χ1v) is 8.97. The van der Waals surface area contributed by atoms with Gasteiger partial charge in [0.2, 0.25) is 0 Å². The molecule has 0 aromatic heterocycles. The van der Waals surface area contributed by atoms with Gasteiger partial charge in [-0.2, -0.15) is 74.6 Å². The van der Waals surface area contributed by atoms with Crippen molar-refractivity contribution in [2.75, 3.05) is 6.54 Å². The molecule has 0 radical (unpaired) electrons. The lowest BCUT2D eigenvalue weighted by Gasteiger charge is -2.43. The second-order valence-corrected chi connectivity index (χ2v) is 7.31. The van der Waals surface area contributed by atoms with E-state index < -0.39 is 91.1 Å². The van der Waals surface area contributed by atoms with Crippen molar-refractivity contribution in [1.29, 1.82) is 0 Å². The van der Waals surface area contributed by atoms with Crippen molar-refractivity contribution in [3.05, 3.63) is 0 Å². The Morgan fingerprint density at radius 1 is 0.605 bits per heavy atom. The van der Waals surface area contributed by atoms with E-state index >= 15 is 0 Å². The zero-order chi connectivity index (χ0) is 31.1. The molecular formula is C15H12F17NO5. The van der Waals surface area contributed by atoms with Crippen LogP contribution in [-0.4, -0.2) is 93.6 Å². The van der Waals surface area contributed by atoms with Crippen LogP contribution in [0.25, 0.3) is 0 Å². The predicted octanol–water partition coefficient (Wildman–Crippen LogP) is 4.26. The third kappa shape index (κ3) is 5.52. The molecule has 0 saturated carbocycles. The molecule has 0 heterocycles. The van der Waals surface area contributed by atoms with Crippen LogP contribution in [0.2, 0.25) is 0 Å². The van der Waals surface area contributed by atoms with Crippen LogP contribution >= 0.6 is 0 Å². The van der Waals surface area contributed by atoms with E-state index in [1.54, 1.807) is 0 Å². The van der Waals surface area contributed by atoms with Gasteiger partial charge in [-0.3, -0.25) is 9.59 Å². The van der Waals surface area contributed by atoms with E-state index in [2.05, 4.69) is 0 Å². The Morgan fingerprint density at radius 2 is 0.947 bits per heavy atom. The second kappa shape index (κ2) is 10.3. The van der Waals surface area contributed by atoms with Crippen LogP contribution in [-0.2, 0) is 9.59 Å². The number of nitrogens with one attached hydrogen (secondary N) is 1. The summed E-state index contributed by atoms with van der Waals surface area (Å²) < 4.78 is 224. The quantitative estimate of drug-likeness (QED) is 0.220. The number of hydrogen-bond acceptors (Lipinski definition) is 4. The average molecular weight is 609 g/mol. The molecule has 0 aromatic rings. The maximum Gasteiger partial charge on any atom is 0.460 e. The molecule has 2 atom stereocenters. The van der Waals surface area contributed by atoms with E-state index in [1.807, 2.05) is 0 Å². The molecule has 38 heavy (non-hydrogen) atoms. The van der Waals surface area contributed by atoms with Gasteiger partial charge in [0.05, 0.1) is 0 Å². The minimum absolute atomic E-state index is 1.08. The molecule has 0 aromatic carbocycles. The van der Waals surface area contributed by atoms with E-state index in [-0.39, 0.29) is 0 Å². The number of hydrogen-bond donors (Lipinski definition) is 4. The summed E-state index contributed by atoms with van der Waals surface area (Å²) in [5.41, 5.74) is 0. The highest BCUT2D eigenvalue weighted by Gasteiger charge is 2.95. The zero-order valence-electron chi connectivity index (χ0n) is 17.4. The molecule has 0 aliphatic heterocycles. The molecule has 0 unspecified atom stereocenters. The first-order chi connectivity index (χ1) is 16.4. The molecule has 0 aliphatic rings. The summed E-state index contributed by atoms with van der Waals surface area (Å²) in [6, 6.07) is -2.35. The molecule has 6 nitrogen and oxygen atoms in total. The minimum atomic E-state index is -8.82. The highest BCUT2D eigenvalue weighted by atomic mass is 19.4. The van der Waals surface area contributed by atoms with Crippen LogP contribution in [0.5, 0.6) is 0 Å². The van der Waals surface area contributed by atoms with Gasteiger partial charge in [0, 0.05) is 13.0 Å². The number of halogens is 17. The highest BCUT2D eigenvalue weighted by Crippen LogP contribution is 2.64. The van der Waals surface area contributed by atoms with Crippen molar-refractivity contribution < 1.29 is 99.5 Å². The summed E-state index contributed by atoms with van der Waals surface area (Å²) in [5, 5.41) is 27.3. The lowest BCUT2D eigenvalue weighted by Crippen LogP contribution is -2.75. The predicted molar refractivity (Wildman–Crippen MR) is 83.0 cm³/mol. The van der Waals surface area contributed by atoms with Gasteiger partial charge >= 0.3 is 59.6 Å². The summed E-state index contributed by atoms with van der Waals surface area (Å²) in [7, 11) is 0. The molecule has 0 saturated heterocycles. The number of carboxylic acids is 2. The fraction of sp³-hybridized carbons (Fsp3) is 0.867. The van der Waals surface area contributed by atoms with Gasteiger partial charge in [-0.25, -0.2) is 0 Å². The monoisotopic (exact) mass is 609 g/mol. The van der Waals surface area contributed by atoms with Crippen molar-refractivity contribution in [2.24, 2.45) is 0 Å². The molecule has 226 valence electrons. The Hall–Kier alpha value is -2.33. The summed E-state index contributed by atoms with van der Waals surface area (Å²) in [4.78, 5) is 21.2. The van der Waals surface area contributed by atoms with Gasteiger partial charge in [-0.05, 0) is 6.42 Å². The Bertz CT molecular complexity index is 872. The number of alkyl halides is 17. The molecular weight excluding hydrogens is 597 g/mol. The normalized spacial score (nSPS) is 16.8. The van der Waals surface area contributed by atoms with Gasteiger partial charge in [-0.1, -0.05) is 0 Å². The lowest BCUT2D eigenvalue weighted by atomic mass is 9.87. The van der Waals surface area contributed by atoms with Gasteiger partial charge < -0.3 is 20.6 Å². The molecule has 23 heteroatoms. The van der Waals surface area contributed by atoms with E-state index in [0.717, 1.165) is 0 Å². The third-order valence-corrected chi connectivity index (χ3v) is 4.67. The maximum atomic E-state index is 13.8. The Labute approximate surface area is 197 Å². The topological polar surface area (TPSA) is 107 Å². The number of aliphatic hydroxyl groups excluding tert-OH is 1. The van der Waals surface area contributed by atoms with E-state index in [1.165, 1.54) is 5.32 Å². The number of carboxylic acid groups (broad SMARTS) is 2. The second-order valence-electron chi connectivity index (χ2n) is 7.31. The Kier molecular flexibility index (Phi) is 9.70. The Balaban J connectivity index is 6.40. The standard InChI is InChI=1S/C15H12F17NO5/c16-8(17,5(34)3-33-4(7(37)38)1-2-6(35)36)9(18,19)10(20,21)11(22,23)12(24,25)13(26,27)14(28,29)15(30,31)32/h4-5,33-34H,1-3H2,(H,35,36)(H,37,38)/t4-,5+/m0/s1. The summed E-state index contributed by atoms with van der Waals surface area (Å²) in [6.07, 6.45) is -14.6. The van der Waals surface area contributed by atoms with Crippen LogP contribution in [0.4, 0.5) is 74.6 Å². The van der Waals surface area contributed by atoms with Crippen molar-refractivity contribution in [1.82, 2.24) is 5.32 Å². The van der Waals surface area contributed by atoms with Gasteiger partial charge in [0.1, 0.15) is 12.1 Å². The summed E-state index contributed by atoms with van der Waals surface area (Å²) in [5.74, 6) is -62.4. The van der Waals surface area contributed by atoms with Crippen molar-refractivity contribution in [3.63, 3.8) is 0 Å². The number of aliphatic hydroxyl groups is 1. The summed E-state index contributed by atoms with van der Waals surface area (Å²) >= 11 is 0. The van der Waals surface area contributed by atoms with Crippen molar-refractivity contribution in [3.8, 4) is 0 Å². The molecule has 0 spiro atoms. The first kappa shape index (κ1) is 35.7. The average Bonchev–Trinajstić information content (AvgIpc) is 2.71. The van der Waals surface area contributed by atoms with E-state index in [0.29, 0.717) is 0 Å². The van der Waals surface area contributed by atoms with Crippen LogP contribution in [0.3, 0.4) is 0 Å². The number of rotatable bonds is 14. The van der Waals surface area contributed by atoms with Crippen LogP contribution < -0.4 is 5.32 Å². The molecule has 0 rings (SSSR count). The smallest absolute Gasteiger partial charge is 0.460 e. The fourth-order valence-electron chi connectivity index (χ4n) is 2.35. The van der Waals surface area contributed by atoms with E-state index in [9.17, 15) is 84.2 Å². The largest absolute Gasteiger partial charge is 0.481 e. The maximum absolute atomic E-state index is 13.8. The fourth-order valence-corrected chi connectivity index (χ4v) is 2.35. The van der Waals surface area contributed by atoms with Gasteiger partial charge in [0.15, 0.2) is 0 Å². The lowest BCUT2D eigenvalue weighted by molar-refractivity contribution is -0.464. The van der Waals surface area contributed by atoms with Gasteiger partial charge in [-0.15, -0.1) is 0 Å². The minimum Gasteiger partial charge on any atom is -0.481 e. The molecule has 0 aliphatic carbocycles.